The summed E-state index contributed by atoms with van der Waals surface area (Å²) >= 11 is 0. The van der Waals surface area contributed by atoms with Gasteiger partial charge in [0.25, 0.3) is 5.91 Å². The molecule has 1 aliphatic heterocycles. The van der Waals surface area contributed by atoms with Crippen LogP contribution in [0, 0.1) is 0 Å². The van der Waals surface area contributed by atoms with Crippen LogP contribution in [0.4, 0.5) is 0 Å². The van der Waals surface area contributed by atoms with Crippen LogP contribution in [-0.2, 0) is 11.2 Å². The molecule has 2 aromatic rings. The van der Waals surface area contributed by atoms with Crippen molar-refractivity contribution in [1.29, 1.82) is 0 Å². The van der Waals surface area contributed by atoms with Crippen LogP contribution < -0.4 is 0 Å². The van der Waals surface area contributed by atoms with Gasteiger partial charge >= 0.3 is 0 Å². The van der Waals surface area contributed by atoms with E-state index >= 15 is 0 Å². The maximum absolute atomic E-state index is 12.5. The standard InChI is InChI=1S/C21H25N3O2/c1-16(2)18-5-3-17(4-6-18)15-20(25)23-11-13-24(14-12-23)21(26)19-7-9-22-10-8-19/h3-10,16H,11-15H2,1-2H3. The molecule has 1 aromatic carbocycles. The number of hydrogen-bond donors (Lipinski definition) is 0. The zero-order chi connectivity index (χ0) is 18.5. The Hall–Kier alpha value is -2.69. The van der Waals surface area contributed by atoms with Crippen molar-refractivity contribution in [2.24, 2.45) is 0 Å². The SMILES string of the molecule is CC(C)c1ccc(CC(=O)N2CCN(C(=O)c3ccncc3)CC2)cc1. The molecule has 136 valence electrons. The molecule has 0 radical (unpaired) electrons. The average molecular weight is 351 g/mol. The molecular weight excluding hydrogens is 326 g/mol. The molecular formula is C21H25N3O2. The lowest BCUT2D eigenvalue weighted by Crippen LogP contribution is -2.51. The number of nitrogens with zero attached hydrogens (tertiary/aromatic N) is 3. The van der Waals surface area contributed by atoms with E-state index in [9.17, 15) is 9.59 Å². The lowest BCUT2D eigenvalue weighted by molar-refractivity contribution is -0.131. The van der Waals surface area contributed by atoms with Crippen LogP contribution in [0.1, 0.15) is 41.3 Å². The molecule has 0 N–H and O–H groups in total. The maximum Gasteiger partial charge on any atom is 0.254 e. The van der Waals surface area contributed by atoms with Crippen molar-refractivity contribution < 1.29 is 9.59 Å². The van der Waals surface area contributed by atoms with Crippen LogP contribution in [0.25, 0.3) is 0 Å². The van der Waals surface area contributed by atoms with E-state index in [0.717, 1.165) is 5.56 Å². The van der Waals surface area contributed by atoms with Crippen LogP contribution in [-0.4, -0.2) is 52.8 Å². The van der Waals surface area contributed by atoms with Gasteiger partial charge < -0.3 is 9.80 Å². The predicted octanol–water partition coefficient (Wildman–Crippen LogP) is 2.73. The van der Waals surface area contributed by atoms with E-state index in [1.807, 2.05) is 17.0 Å². The van der Waals surface area contributed by atoms with Gasteiger partial charge in [-0.15, -0.1) is 0 Å². The molecule has 0 bridgehead atoms. The monoisotopic (exact) mass is 351 g/mol. The molecule has 1 saturated heterocycles. The molecule has 0 saturated carbocycles. The van der Waals surface area contributed by atoms with E-state index < -0.39 is 0 Å². The van der Waals surface area contributed by atoms with Gasteiger partial charge in [0, 0.05) is 44.1 Å². The van der Waals surface area contributed by atoms with Crippen molar-refractivity contribution in [3.05, 3.63) is 65.5 Å². The van der Waals surface area contributed by atoms with Crippen molar-refractivity contribution in [3.8, 4) is 0 Å². The summed E-state index contributed by atoms with van der Waals surface area (Å²) < 4.78 is 0. The Balaban J connectivity index is 1.52. The van der Waals surface area contributed by atoms with E-state index in [2.05, 4.69) is 31.0 Å². The maximum atomic E-state index is 12.5. The predicted molar refractivity (Wildman–Crippen MR) is 101 cm³/mol. The van der Waals surface area contributed by atoms with Crippen molar-refractivity contribution in [1.82, 2.24) is 14.8 Å². The second-order valence-electron chi connectivity index (χ2n) is 6.98. The molecule has 26 heavy (non-hydrogen) atoms. The second kappa shape index (κ2) is 8.13. The lowest BCUT2D eigenvalue weighted by atomic mass is 10.0. The molecule has 2 amide bonds. The summed E-state index contributed by atoms with van der Waals surface area (Å²) in [4.78, 5) is 32.6. The molecule has 0 aliphatic carbocycles. The van der Waals surface area contributed by atoms with Crippen molar-refractivity contribution in [3.63, 3.8) is 0 Å². The Morgan fingerprint density at radius 1 is 0.923 bits per heavy atom. The van der Waals surface area contributed by atoms with Gasteiger partial charge in [-0.25, -0.2) is 0 Å². The highest BCUT2D eigenvalue weighted by Gasteiger charge is 2.24. The van der Waals surface area contributed by atoms with Gasteiger partial charge in [0.1, 0.15) is 0 Å². The van der Waals surface area contributed by atoms with Crippen molar-refractivity contribution in [2.75, 3.05) is 26.2 Å². The fraction of sp³-hybridized carbons (Fsp3) is 0.381. The van der Waals surface area contributed by atoms with Gasteiger partial charge in [-0.2, -0.15) is 0 Å². The summed E-state index contributed by atoms with van der Waals surface area (Å²) in [6.07, 6.45) is 3.66. The zero-order valence-corrected chi connectivity index (χ0v) is 15.4. The summed E-state index contributed by atoms with van der Waals surface area (Å²) in [6.45, 7) is 6.62. The van der Waals surface area contributed by atoms with Gasteiger partial charge in [-0.05, 0) is 29.2 Å². The molecule has 1 fully saturated rings. The van der Waals surface area contributed by atoms with Gasteiger partial charge in [0.15, 0.2) is 0 Å². The Bertz CT molecular complexity index is 749. The van der Waals surface area contributed by atoms with E-state index in [-0.39, 0.29) is 11.8 Å². The summed E-state index contributed by atoms with van der Waals surface area (Å²) in [5.41, 5.74) is 2.96. The molecule has 5 heteroatoms. The summed E-state index contributed by atoms with van der Waals surface area (Å²) in [5, 5.41) is 0. The minimum absolute atomic E-state index is 0.00349. The fourth-order valence-electron chi connectivity index (χ4n) is 3.14. The first-order valence-electron chi connectivity index (χ1n) is 9.10. The third kappa shape index (κ3) is 4.28. The van der Waals surface area contributed by atoms with Crippen LogP contribution in [0.2, 0.25) is 0 Å². The highest BCUT2D eigenvalue weighted by Crippen LogP contribution is 2.16. The number of carbonyl (C=O) groups excluding carboxylic acids is 2. The third-order valence-corrected chi connectivity index (χ3v) is 4.85. The van der Waals surface area contributed by atoms with Crippen molar-refractivity contribution in [2.45, 2.75) is 26.2 Å². The third-order valence-electron chi connectivity index (χ3n) is 4.85. The number of carbonyl (C=O) groups is 2. The van der Waals surface area contributed by atoms with Crippen LogP contribution in [0.5, 0.6) is 0 Å². The van der Waals surface area contributed by atoms with Gasteiger partial charge in [0.2, 0.25) is 5.91 Å². The molecule has 1 aromatic heterocycles. The van der Waals surface area contributed by atoms with Gasteiger partial charge in [-0.3, -0.25) is 14.6 Å². The minimum atomic E-state index is 0.00349. The average Bonchev–Trinajstić information content (AvgIpc) is 2.68. The van der Waals surface area contributed by atoms with E-state index in [0.29, 0.717) is 44.1 Å². The molecule has 0 atom stereocenters. The quantitative estimate of drug-likeness (QED) is 0.851. The smallest absolute Gasteiger partial charge is 0.254 e. The number of piperazine rings is 1. The summed E-state index contributed by atoms with van der Waals surface area (Å²) in [7, 11) is 0. The Labute approximate surface area is 154 Å². The largest absolute Gasteiger partial charge is 0.339 e. The number of hydrogen-bond acceptors (Lipinski definition) is 3. The van der Waals surface area contributed by atoms with Crippen molar-refractivity contribution >= 4 is 11.8 Å². The fourth-order valence-corrected chi connectivity index (χ4v) is 3.14. The van der Waals surface area contributed by atoms with E-state index in [1.165, 1.54) is 5.56 Å². The van der Waals surface area contributed by atoms with Crippen LogP contribution in [0.3, 0.4) is 0 Å². The lowest BCUT2D eigenvalue weighted by Gasteiger charge is -2.35. The van der Waals surface area contributed by atoms with Gasteiger partial charge in [-0.1, -0.05) is 38.1 Å². The van der Waals surface area contributed by atoms with E-state index in [1.54, 1.807) is 29.4 Å². The minimum Gasteiger partial charge on any atom is -0.339 e. The summed E-state index contributed by atoms with van der Waals surface area (Å²) in [6, 6.07) is 11.7. The van der Waals surface area contributed by atoms with E-state index in [4.69, 9.17) is 0 Å². The topological polar surface area (TPSA) is 53.5 Å². The zero-order valence-electron chi connectivity index (χ0n) is 15.4. The highest BCUT2D eigenvalue weighted by molar-refractivity contribution is 5.94. The molecule has 3 rings (SSSR count). The number of pyridine rings is 1. The normalized spacial score (nSPS) is 14.6. The second-order valence-corrected chi connectivity index (χ2v) is 6.98. The van der Waals surface area contributed by atoms with Crippen LogP contribution >= 0.6 is 0 Å². The number of aromatic nitrogens is 1. The Morgan fingerprint density at radius 2 is 1.50 bits per heavy atom. The van der Waals surface area contributed by atoms with Gasteiger partial charge in [0.05, 0.1) is 6.42 Å². The molecule has 1 aliphatic rings. The number of benzene rings is 1. The first kappa shape index (κ1) is 18.1. The molecule has 0 spiro atoms. The molecule has 0 unspecified atom stereocenters. The first-order chi connectivity index (χ1) is 12.5. The Morgan fingerprint density at radius 3 is 2.08 bits per heavy atom. The Kier molecular flexibility index (Phi) is 5.66. The number of rotatable bonds is 4. The first-order valence-corrected chi connectivity index (χ1v) is 9.10. The molecule has 5 nitrogen and oxygen atoms in total. The molecule has 2 heterocycles. The number of amides is 2. The highest BCUT2D eigenvalue weighted by atomic mass is 16.2. The van der Waals surface area contributed by atoms with Crippen LogP contribution in [0.15, 0.2) is 48.8 Å². The summed E-state index contributed by atoms with van der Waals surface area (Å²) in [5.74, 6) is 0.618.